The Balaban J connectivity index is 1.70. The topological polar surface area (TPSA) is 83.8 Å². The molecule has 0 fully saturated rings. The maximum atomic E-state index is 11.2. The van der Waals surface area contributed by atoms with Crippen LogP contribution in [0.5, 0.6) is 17.2 Å². The van der Waals surface area contributed by atoms with Gasteiger partial charge < -0.3 is 9.84 Å². The normalized spacial score (nSPS) is 11.5. The summed E-state index contributed by atoms with van der Waals surface area (Å²) in [5.41, 5.74) is 0.884. The van der Waals surface area contributed by atoms with Crippen LogP contribution in [0.1, 0.15) is 83.1 Å². The lowest BCUT2D eigenvalue weighted by Crippen LogP contribution is -1.98. The number of ether oxygens (including phenoxy) is 1. The monoisotopic (exact) mass is 448 g/mol. The van der Waals surface area contributed by atoms with Gasteiger partial charge >= 0.3 is 0 Å². The standard InChI is InChI=1S/C25H36O5S/c1-2-3-4-5-6-7-8-9-10-11-12-14-21-17-18-23(20-25(21)26)30-22-15-13-16-24(19-22)31(27,28)29/h13,15-20,26H,2-12,14H2,1H3,(H,27,28,29). The fourth-order valence-corrected chi connectivity index (χ4v) is 4.15. The minimum absolute atomic E-state index is 0.176. The lowest BCUT2D eigenvalue weighted by atomic mass is 10.0. The van der Waals surface area contributed by atoms with Crippen LogP contribution in [-0.4, -0.2) is 18.1 Å². The van der Waals surface area contributed by atoms with E-state index in [0.29, 0.717) is 5.75 Å². The Hall–Kier alpha value is -2.05. The van der Waals surface area contributed by atoms with Crippen LogP contribution in [-0.2, 0) is 16.5 Å². The third-order valence-electron chi connectivity index (χ3n) is 5.45. The first-order valence-corrected chi connectivity index (χ1v) is 12.9. The maximum Gasteiger partial charge on any atom is 0.294 e. The SMILES string of the molecule is CCCCCCCCCCCCCc1ccc(Oc2cccc(S(=O)(=O)O)c2)cc1O. The number of rotatable bonds is 15. The van der Waals surface area contributed by atoms with Crippen LogP contribution in [0, 0.1) is 0 Å². The molecule has 31 heavy (non-hydrogen) atoms. The summed E-state index contributed by atoms with van der Waals surface area (Å²) in [4.78, 5) is -0.234. The van der Waals surface area contributed by atoms with Crippen molar-refractivity contribution in [2.75, 3.05) is 0 Å². The summed E-state index contributed by atoms with van der Waals surface area (Å²) < 4.78 is 37.3. The third kappa shape index (κ3) is 9.74. The molecule has 0 spiro atoms. The number of phenolic OH excluding ortho intramolecular Hbond substituents is 1. The van der Waals surface area contributed by atoms with Gasteiger partial charge in [0.2, 0.25) is 0 Å². The summed E-state index contributed by atoms with van der Waals surface area (Å²) in [6.45, 7) is 2.25. The van der Waals surface area contributed by atoms with Gasteiger partial charge in [0.25, 0.3) is 10.1 Å². The van der Waals surface area contributed by atoms with Crippen molar-refractivity contribution in [3.63, 3.8) is 0 Å². The van der Waals surface area contributed by atoms with Crippen LogP contribution in [0.25, 0.3) is 0 Å². The van der Waals surface area contributed by atoms with Gasteiger partial charge in [0.1, 0.15) is 17.2 Å². The van der Waals surface area contributed by atoms with Gasteiger partial charge in [-0.25, -0.2) is 0 Å². The predicted octanol–water partition coefficient (Wildman–Crippen LogP) is 7.28. The number of unbranched alkanes of at least 4 members (excludes halogenated alkanes) is 10. The Morgan fingerprint density at radius 2 is 1.35 bits per heavy atom. The molecule has 172 valence electrons. The molecule has 0 aromatic heterocycles. The summed E-state index contributed by atoms with van der Waals surface area (Å²) in [6.07, 6.45) is 15.0. The third-order valence-corrected chi connectivity index (χ3v) is 6.30. The fraction of sp³-hybridized carbons (Fsp3) is 0.520. The van der Waals surface area contributed by atoms with E-state index in [1.165, 1.54) is 82.1 Å². The van der Waals surface area contributed by atoms with Crippen molar-refractivity contribution in [1.29, 1.82) is 0 Å². The molecule has 0 aliphatic carbocycles. The molecule has 0 saturated heterocycles. The number of hydrogen-bond donors (Lipinski definition) is 2. The van der Waals surface area contributed by atoms with E-state index in [-0.39, 0.29) is 16.4 Å². The molecular weight excluding hydrogens is 412 g/mol. The van der Waals surface area contributed by atoms with Crippen LogP contribution in [0.3, 0.4) is 0 Å². The minimum Gasteiger partial charge on any atom is -0.508 e. The summed E-state index contributed by atoms with van der Waals surface area (Å²) in [7, 11) is -4.29. The van der Waals surface area contributed by atoms with Gasteiger partial charge in [-0.05, 0) is 36.6 Å². The Bertz CT molecular complexity index is 893. The molecule has 0 amide bonds. The molecule has 0 bridgehead atoms. The molecule has 0 atom stereocenters. The molecule has 5 nitrogen and oxygen atoms in total. The van der Waals surface area contributed by atoms with Crippen LogP contribution in [0.2, 0.25) is 0 Å². The molecule has 0 unspecified atom stereocenters. The smallest absolute Gasteiger partial charge is 0.294 e. The van der Waals surface area contributed by atoms with Gasteiger partial charge in [0.15, 0.2) is 0 Å². The molecule has 0 aliphatic rings. The molecule has 0 aliphatic heterocycles. The van der Waals surface area contributed by atoms with Gasteiger partial charge in [-0.15, -0.1) is 0 Å². The lowest BCUT2D eigenvalue weighted by molar-refractivity contribution is 0.447. The van der Waals surface area contributed by atoms with Gasteiger partial charge in [-0.3, -0.25) is 4.55 Å². The van der Waals surface area contributed by atoms with Crippen molar-refractivity contribution in [2.45, 2.75) is 88.9 Å². The summed E-state index contributed by atoms with van der Waals surface area (Å²) in [5.74, 6) is 0.857. The Morgan fingerprint density at radius 1 is 0.774 bits per heavy atom. The van der Waals surface area contributed by atoms with E-state index in [0.717, 1.165) is 24.8 Å². The summed E-state index contributed by atoms with van der Waals surface area (Å²) in [5, 5.41) is 10.3. The number of phenols is 1. The zero-order valence-electron chi connectivity index (χ0n) is 18.6. The second kappa shape index (κ2) is 13.4. The zero-order chi connectivity index (χ0) is 22.5. The maximum absolute atomic E-state index is 11.2. The molecule has 2 aromatic rings. The van der Waals surface area contributed by atoms with Crippen molar-refractivity contribution in [3.8, 4) is 17.2 Å². The molecule has 2 rings (SSSR count). The molecular formula is C25H36O5S. The number of hydrogen-bond acceptors (Lipinski definition) is 4. The number of benzene rings is 2. The van der Waals surface area contributed by atoms with E-state index < -0.39 is 10.1 Å². The van der Waals surface area contributed by atoms with E-state index in [1.54, 1.807) is 12.1 Å². The van der Waals surface area contributed by atoms with Gasteiger partial charge in [0, 0.05) is 12.1 Å². The van der Waals surface area contributed by atoms with Gasteiger partial charge in [0.05, 0.1) is 4.90 Å². The quantitative estimate of drug-likeness (QED) is 0.221. The highest BCUT2D eigenvalue weighted by molar-refractivity contribution is 7.85. The van der Waals surface area contributed by atoms with E-state index in [4.69, 9.17) is 9.29 Å². The van der Waals surface area contributed by atoms with Gasteiger partial charge in [-0.1, -0.05) is 83.3 Å². The van der Waals surface area contributed by atoms with Crippen molar-refractivity contribution in [2.24, 2.45) is 0 Å². The highest BCUT2D eigenvalue weighted by atomic mass is 32.2. The average molecular weight is 449 g/mol. The Labute approximate surface area is 187 Å². The average Bonchev–Trinajstić information content (AvgIpc) is 2.73. The van der Waals surface area contributed by atoms with E-state index >= 15 is 0 Å². The van der Waals surface area contributed by atoms with Crippen molar-refractivity contribution in [3.05, 3.63) is 48.0 Å². The molecule has 0 radical (unpaired) electrons. The largest absolute Gasteiger partial charge is 0.508 e. The molecule has 0 heterocycles. The molecule has 0 saturated carbocycles. The van der Waals surface area contributed by atoms with E-state index in [2.05, 4.69) is 6.92 Å². The summed E-state index contributed by atoms with van der Waals surface area (Å²) >= 11 is 0. The number of aryl methyl sites for hydroxylation is 1. The molecule has 6 heteroatoms. The first-order chi connectivity index (χ1) is 14.9. The van der Waals surface area contributed by atoms with Crippen molar-refractivity contribution < 1.29 is 22.8 Å². The highest BCUT2D eigenvalue weighted by Crippen LogP contribution is 2.29. The number of aromatic hydroxyl groups is 1. The van der Waals surface area contributed by atoms with Crippen LogP contribution in [0.4, 0.5) is 0 Å². The van der Waals surface area contributed by atoms with Gasteiger partial charge in [-0.2, -0.15) is 8.42 Å². The minimum atomic E-state index is -4.29. The van der Waals surface area contributed by atoms with Crippen molar-refractivity contribution >= 4 is 10.1 Å². The predicted molar refractivity (Wildman–Crippen MR) is 125 cm³/mol. The first-order valence-electron chi connectivity index (χ1n) is 11.5. The van der Waals surface area contributed by atoms with Crippen LogP contribution < -0.4 is 4.74 Å². The second-order valence-electron chi connectivity index (χ2n) is 8.13. The lowest BCUT2D eigenvalue weighted by Gasteiger charge is -2.10. The summed E-state index contributed by atoms with van der Waals surface area (Å²) in [6, 6.07) is 10.7. The molecule has 2 N–H and O–H groups in total. The van der Waals surface area contributed by atoms with Crippen LogP contribution >= 0.6 is 0 Å². The second-order valence-corrected chi connectivity index (χ2v) is 9.55. The van der Waals surface area contributed by atoms with Crippen LogP contribution in [0.15, 0.2) is 47.4 Å². The molecule has 2 aromatic carbocycles. The fourth-order valence-electron chi connectivity index (χ4n) is 3.63. The Morgan fingerprint density at radius 3 is 1.94 bits per heavy atom. The van der Waals surface area contributed by atoms with E-state index in [9.17, 15) is 13.5 Å². The Kier molecular flexibility index (Phi) is 10.9. The highest BCUT2D eigenvalue weighted by Gasteiger charge is 2.11. The van der Waals surface area contributed by atoms with E-state index in [1.807, 2.05) is 6.07 Å². The van der Waals surface area contributed by atoms with Crippen molar-refractivity contribution in [1.82, 2.24) is 0 Å². The zero-order valence-corrected chi connectivity index (χ0v) is 19.4. The first kappa shape index (κ1) is 25.2.